The highest BCUT2D eigenvalue weighted by Gasteiger charge is 2.31. The number of hydrogen-bond donors (Lipinski definition) is 1. The summed E-state index contributed by atoms with van der Waals surface area (Å²) >= 11 is 1.73. The van der Waals surface area contributed by atoms with Gasteiger partial charge in [-0.05, 0) is 44.1 Å². The van der Waals surface area contributed by atoms with Crippen LogP contribution in [-0.4, -0.2) is 27.3 Å². The minimum absolute atomic E-state index is 0.0239. The molecule has 1 aliphatic carbocycles. The Morgan fingerprint density at radius 2 is 2.08 bits per heavy atom. The molecule has 0 aromatic carbocycles. The summed E-state index contributed by atoms with van der Waals surface area (Å²) in [4.78, 5) is 16.0. The van der Waals surface area contributed by atoms with Crippen molar-refractivity contribution in [1.29, 1.82) is 0 Å². The number of nitrogens with zero attached hydrogens (tertiary/aromatic N) is 3. The quantitative estimate of drug-likeness (QED) is 0.827. The van der Waals surface area contributed by atoms with E-state index in [1.165, 1.54) is 37.0 Å². The first-order valence-electron chi connectivity index (χ1n) is 9.39. The average molecular weight is 359 g/mol. The van der Waals surface area contributed by atoms with Gasteiger partial charge in [0.2, 0.25) is 0 Å². The number of anilines is 1. The Hall–Kier alpha value is -1.82. The number of nitrogens with one attached hydrogen (secondary N) is 1. The lowest BCUT2D eigenvalue weighted by Crippen LogP contribution is -2.34. The molecule has 0 spiro atoms. The van der Waals surface area contributed by atoms with Gasteiger partial charge in [0.05, 0.1) is 12.1 Å². The molecule has 3 heterocycles. The number of likely N-dealkylation sites (tertiary alicyclic amines) is 1. The molecule has 4 rings (SSSR count). The van der Waals surface area contributed by atoms with Crippen LogP contribution in [0.3, 0.4) is 0 Å². The summed E-state index contributed by atoms with van der Waals surface area (Å²) in [5.74, 6) is 0.685. The van der Waals surface area contributed by atoms with E-state index in [0.717, 1.165) is 25.1 Å². The van der Waals surface area contributed by atoms with E-state index in [-0.39, 0.29) is 12.1 Å². The number of amides is 2. The second-order valence-electron chi connectivity index (χ2n) is 7.20. The Kier molecular flexibility index (Phi) is 4.79. The minimum atomic E-state index is -0.0239. The summed E-state index contributed by atoms with van der Waals surface area (Å²) in [6.07, 6.45) is 8.39. The summed E-state index contributed by atoms with van der Waals surface area (Å²) < 4.78 is 2.12. The van der Waals surface area contributed by atoms with Gasteiger partial charge < -0.3 is 4.90 Å². The van der Waals surface area contributed by atoms with Crippen molar-refractivity contribution in [1.82, 2.24) is 14.7 Å². The predicted molar refractivity (Wildman–Crippen MR) is 101 cm³/mol. The van der Waals surface area contributed by atoms with E-state index in [1.807, 2.05) is 11.0 Å². The summed E-state index contributed by atoms with van der Waals surface area (Å²) in [5, 5.41) is 9.81. The molecule has 0 bridgehead atoms. The van der Waals surface area contributed by atoms with Gasteiger partial charge in [-0.15, -0.1) is 11.3 Å². The minimum Gasteiger partial charge on any atom is -0.317 e. The lowest BCUT2D eigenvalue weighted by Gasteiger charge is -2.24. The maximum absolute atomic E-state index is 12.8. The number of urea groups is 1. The van der Waals surface area contributed by atoms with Crippen LogP contribution < -0.4 is 5.32 Å². The number of rotatable bonds is 3. The van der Waals surface area contributed by atoms with Crippen LogP contribution in [0, 0.1) is 6.92 Å². The van der Waals surface area contributed by atoms with E-state index in [4.69, 9.17) is 5.10 Å². The molecule has 1 saturated carbocycles. The highest BCUT2D eigenvalue weighted by atomic mass is 32.1. The predicted octanol–water partition coefficient (Wildman–Crippen LogP) is 5.13. The lowest BCUT2D eigenvalue weighted by atomic mass is 9.95. The van der Waals surface area contributed by atoms with Gasteiger partial charge in [-0.2, -0.15) is 5.10 Å². The number of carbonyl (C=O) groups excluding carboxylic acids is 1. The zero-order valence-electron chi connectivity index (χ0n) is 14.8. The van der Waals surface area contributed by atoms with Gasteiger partial charge in [0, 0.05) is 23.2 Å². The van der Waals surface area contributed by atoms with Crippen LogP contribution in [0.5, 0.6) is 0 Å². The maximum Gasteiger partial charge on any atom is 0.323 e. The molecule has 1 saturated heterocycles. The zero-order chi connectivity index (χ0) is 17.2. The zero-order valence-corrected chi connectivity index (χ0v) is 15.6. The fourth-order valence-electron chi connectivity index (χ4n) is 4.21. The average Bonchev–Trinajstić information content (AvgIpc) is 3.35. The molecular formula is C19H26N4OS. The third-order valence-electron chi connectivity index (χ3n) is 5.46. The number of carbonyl (C=O) groups is 1. The van der Waals surface area contributed by atoms with Crippen molar-refractivity contribution < 1.29 is 4.79 Å². The maximum atomic E-state index is 12.8. The largest absolute Gasteiger partial charge is 0.323 e. The van der Waals surface area contributed by atoms with Crippen LogP contribution >= 0.6 is 11.3 Å². The first kappa shape index (κ1) is 16.6. The highest BCUT2D eigenvalue weighted by molar-refractivity contribution is 7.10. The molecule has 2 aromatic heterocycles. The van der Waals surface area contributed by atoms with Crippen LogP contribution in [-0.2, 0) is 0 Å². The van der Waals surface area contributed by atoms with E-state index in [0.29, 0.717) is 11.9 Å². The summed E-state index contributed by atoms with van der Waals surface area (Å²) in [6, 6.07) is 6.87. The van der Waals surface area contributed by atoms with E-state index in [2.05, 4.69) is 34.4 Å². The Morgan fingerprint density at radius 3 is 2.84 bits per heavy atom. The van der Waals surface area contributed by atoms with Gasteiger partial charge in [-0.3, -0.25) is 10.00 Å². The van der Waals surface area contributed by atoms with E-state index >= 15 is 0 Å². The number of thiophene rings is 1. The lowest BCUT2D eigenvalue weighted by molar-refractivity contribution is 0.207. The second-order valence-corrected chi connectivity index (χ2v) is 8.18. The van der Waals surface area contributed by atoms with Crippen LogP contribution in [0.2, 0.25) is 0 Å². The van der Waals surface area contributed by atoms with E-state index in [1.54, 1.807) is 11.3 Å². The normalized spacial score (nSPS) is 21.6. The number of aryl methyl sites for hydroxylation is 1. The monoisotopic (exact) mass is 358 g/mol. The number of aromatic nitrogens is 2. The topological polar surface area (TPSA) is 50.2 Å². The van der Waals surface area contributed by atoms with Gasteiger partial charge in [0.1, 0.15) is 0 Å². The first-order chi connectivity index (χ1) is 12.2. The van der Waals surface area contributed by atoms with Crippen LogP contribution in [0.1, 0.15) is 67.6 Å². The van der Waals surface area contributed by atoms with Crippen molar-refractivity contribution in [2.24, 2.45) is 0 Å². The van der Waals surface area contributed by atoms with Crippen molar-refractivity contribution in [3.05, 3.63) is 34.2 Å². The fourth-order valence-corrected chi connectivity index (χ4v) is 5.09. The molecule has 1 atom stereocenters. The van der Waals surface area contributed by atoms with E-state index < -0.39 is 0 Å². The molecule has 1 N–H and O–H groups in total. The smallest absolute Gasteiger partial charge is 0.317 e. The van der Waals surface area contributed by atoms with Gasteiger partial charge in [-0.25, -0.2) is 4.79 Å². The Balaban J connectivity index is 1.45. The molecule has 6 heteroatoms. The van der Waals surface area contributed by atoms with Crippen LogP contribution in [0.4, 0.5) is 10.6 Å². The van der Waals surface area contributed by atoms with Gasteiger partial charge >= 0.3 is 6.03 Å². The Morgan fingerprint density at radius 1 is 1.24 bits per heavy atom. The summed E-state index contributed by atoms with van der Waals surface area (Å²) in [5.41, 5.74) is 1.14. The molecule has 1 aliphatic heterocycles. The summed E-state index contributed by atoms with van der Waals surface area (Å²) in [7, 11) is 0. The SMILES string of the molecule is Cc1cc(NC(=O)N2CCCC2c2cccs2)nn1C1CCCCC1. The standard InChI is InChI=1S/C19H26N4OS/c1-14-13-18(21-23(14)15-7-3-2-4-8-15)20-19(24)22-11-5-9-16(22)17-10-6-12-25-17/h6,10,12-13,15-16H,2-5,7-9,11H2,1H3,(H,20,21,24). The molecule has 2 amide bonds. The Labute approximate surface area is 153 Å². The summed E-state index contributed by atoms with van der Waals surface area (Å²) in [6.45, 7) is 2.90. The van der Waals surface area contributed by atoms with Crippen molar-refractivity contribution in [3.8, 4) is 0 Å². The molecule has 2 aliphatic rings. The fraction of sp³-hybridized carbons (Fsp3) is 0.579. The molecule has 5 nitrogen and oxygen atoms in total. The Bertz CT molecular complexity index is 718. The third-order valence-corrected chi connectivity index (χ3v) is 6.44. The highest BCUT2D eigenvalue weighted by Crippen LogP contribution is 2.35. The molecule has 1 unspecified atom stereocenters. The molecule has 2 fully saturated rings. The van der Waals surface area contributed by atoms with Crippen molar-refractivity contribution in [2.45, 2.75) is 64.0 Å². The molecule has 2 aromatic rings. The van der Waals surface area contributed by atoms with Crippen molar-refractivity contribution >= 4 is 23.2 Å². The molecule has 25 heavy (non-hydrogen) atoms. The van der Waals surface area contributed by atoms with Crippen LogP contribution in [0.15, 0.2) is 23.6 Å². The first-order valence-corrected chi connectivity index (χ1v) is 10.3. The number of hydrogen-bond acceptors (Lipinski definition) is 3. The van der Waals surface area contributed by atoms with E-state index in [9.17, 15) is 4.79 Å². The van der Waals surface area contributed by atoms with Gasteiger partial charge in [-0.1, -0.05) is 25.3 Å². The van der Waals surface area contributed by atoms with Gasteiger partial charge in [0.15, 0.2) is 5.82 Å². The van der Waals surface area contributed by atoms with Crippen molar-refractivity contribution in [3.63, 3.8) is 0 Å². The second kappa shape index (κ2) is 7.20. The van der Waals surface area contributed by atoms with Crippen molar-refractivity contribution in [2.75, 3.05) is 11.9 Å². The molecule has 0 radical (unpaired) electrons. The molecular weight excluding hydrogens is 332 g/mol. The molecule has 134 valence electrons. The van der Waals surface area contributed by atoms with Crippen LogP contribution in [0.25, 0.3) is 0 Å². The third kappa shape index (κ3) is 3.45. The van der Waals surface area contributed by atoms with Gasteiger partial charge in [0.25, 0.3) is 0 Å².